The molecule has 1 saturated heterocycles. The largest absolute Gasteiger partial charge is 0.338 e. The fourth-order valence-corrected chi connectivity index (χ4v) is 3.87. The van der Waals surface area contributed by atoms with E-state index < -0.39 is 0 Å². The third kappa shape index (κ3) is 3.75. The zero-order valence-electron chi connectivity index (χ0n) is 15.3. The van der Waals surface area contributed by atoms with Gasteiger partial charge in [-0.05, 0) is 38.1 Å². The molecule has 1 fully saturated rings. The van der Waals surface area contributed by atoms with Gasteiger partial charge < -0.3 is 4.90 Å². The van der Waals surface area contributed by atoms with Gasteiger partial charge in [-0.25, -0.2) is 9.97 Å². The molecule has 6 heteroatoms. The van der Waals surface area contributed by atoms with E-state index in [-0.39, 0.29) is 5.91 Å². The van der Waals surface area contributed by atoms with Crippen molar-refractivity contribution in [3.05, 3.63) is 53.4 Å². The first kappa shape index (κ1) is 17.1. The van der Waals surface area contributed by atoms with Gasteiger partial charge in [0.25, 0.3) is 0 Å². The van der Waals surface area contributed by atoms with Crippen molar-refractivity contribution in [2.45, 2.75) is 45.2 Å². The number of nitrogens with zero attached hydrogens (tertiary/aromatic N) is 5. The lowest BCUT2D eigenvalue weighted by Gasteiger charge is -2.32. The fraction of sp³-hybridized carbons (Fsp3) is 0.500. The molecule has 26 heavy (non-hydrogen) atoms. The summed E-state index contributed by atoms with van der Waals surface area (Å²) < 4.78 is 0. The monoisotopic (exact) mass is 351 g/mol. The molecule has 4 rings (SSSR count). The average molecular weight is 351 g/mol. The summed E-state index contributed by atoms with van der Waals surface area (Å²) in [6.07, 6.45) is 6.81. The number of amides is 1. The van der Waals surface area contributed by atoms with E-state index in [4.69, 9.17) is 4.98 Å². The van der Waals surface area contributed by atoms with Crippen LogP contribution in [-0.4, -0.2) is 50.3 Å². The van der Waals surface area contributed by atoms with Crippen LogP contribution in [0.15, 0.2) is 30.6 Å². The molecule has 0 saturated carbocycles. The standard InChI is InChI=1S/C20H25N5O/c1-15(26)25-11-7-19-17(13-25)12-22-20(23-19)16-5-9-24(10-6-16)14-18-4-2-3-8-21-18/h2-4,8,12,16H,5-7,9-11,13-14H2,1H3. The molecule has 136 valence electrons. The normalized spacial score (nSPS) is 18.6. The van der Waals surface area contributed by atoms with Gasteiger partial charge in [-0.3, -0.25) is 14.7 Å². The molecule has 4 heterocycles. The number of likely N-dealkylation sites (tertiary alicyclic amines) is 1. The summed E-state index contributed by atoms with van der Waals surface area (Å²) >= 11 is 0. The second-order valence-electron chi connectivity index (χ2n) is 7.26. The Labute approximate surface area is 154 Å². The molecule has 2 aromatic rings. The van der Waals surface area contributed by atoms with E-state index in [0.717, 1.165) is 68.2 Å². The molecule has 1 amide bonds. The molecule has 0 unspecified atom stereocenters. The zero-order chi connectivity index (χ0) is 17.9. The maximum atomic E-state index is 11.6. The summed E-state index contributed by atoms with van der Waals surface area (Å²) in [6, 6.07) is 6.09. The quantitative estimate of drug-likeness (QED) is 0.848. The van der Waals surface area contributed by atoms with Crippen LogP contribution in [0.25, 0.3) is 0 Å². The highest BCUT2D eigenvalue weighted by atomic mass is 16.2. The van der Waals surface area contributed by atoms with Gasteiger partial charge in [0.2, 0.25) is 5.91 Å². The Hall–Kier alpha value is -2.34. The number of carbonyl (C=O) groups is 1. The summed E-state index contributed by atoms with van der Waals surface area (Å²) in [4.78, 5) is 29.8. The lowest BCUT2D eigenvalue weighted by Crippen LogP contribution is -2.36. The number of hydrogen-bond donors (Lipinski definition) is 0. The molecule has 0 atom stereocenters. The molecule has 2 aromatic heterocycles. The minimum atomic E-state index is 0.125. The Balaban J connectivity index is 1.37. The summed E-state index contributed by atoms with van der Waals surface area (Å²) in [5.41, 5.74) is 3.36. The fourth-order valence-electron chi connectivity index (χ4n) is 3.87. The molecule has 0 aromatic carbocycles. The van der Waals surface area contributed by atoms with E-state index in [0.29, 0.717) is 12.5 Å². The number of fused-ring (bicyclic) bond motifs is 1. The van der Waals surface area contributed by atoms with Gasteiger partial charge in [-0.15, -0.1) is 0 Å². The van der Waals surface area contributed by atoms with Crippen molar-refractivity contribution in [2.24, 2.45) is 0 Å². The van der Waals surface area contributed by atoms with Crippen molar-refractivity contribution in [1.82, 2.24) is 24.8 Å². The molecule has 0 N–H and O–H groups in total. The lowest BCUT2D eigenvalue weighted by molar-refractivity contribution is -0.129. The topological polar surface area (TPSA) is 62.2 Å². The highest BCUT2D eigenvalue weighted by molar-refractivity contribution is 5.73. The molecule has 0 radical (unpaired) electrons. The van der Waals surface area contributed by atoms with Crippen molar-refractivity contribution >= 4 is 5.91 Å². The molecule has 0 spiro atoms. The van der Waals surface area contributed by atoms with Crippen molar-refractivity contribution in [3.8, 4) is 0 Å². The molecule has 0 aliphatic carbocycles. The average Bonchev–Trinajstić information content (AvgIpc) is 2.68. The Morgan fingerprint density at radius 2 is 2.04 bits per heavy atom. The van der Waals surface area contributed by atoms with Crippen molar-refractivity contribution in [3.63, 3.8) is 0 Å². The van der Waals surface area contributed by atoms with E-state index in [1.807, 2.05) is 29.4 Å². The van der Waals surface area contributed by atoms with Gasteiger partial charge in [0.1, 0.15) is 5.82 Å². The zero-order valence-corrected chi connectivity index (χ0v) is 15.3. The third-order valence-electron chi connectivity index (χ3n) is 5.46. The Morgan fingerprint density at radius 1 is 1.19 bits per heavy atom. The first-order valence-electron chi connectivity index (χ1n) is 9.41. The minimum Gasteiger partial charge on any atom is -0.338 e. The van der Waals surface area contributed by atoms with Crippen LogP contribution in [0.5, 0.6) is 0 Å². The van der Waals surface area contributed by atoms with Gasteiger partial charge >= 0.3 is 0 Å². The Kier molecular flexibility index (Phi) is 4.93. The second kappa shape index (κ2) is 7.50. The molecule has 2 aliphatic rings. The molecular formula is C20H25N5O. The first-order valence-corrected chi connectivity index (χ1v) is 9.41. The third-order valence-corrected chi connectivity index (χ3v) is 5.46. The first-order chi connectivity index (χ1) is 12.7. The lowest BCUT2D eigenvalue weighted by atomic mass is 9.95. The van der Waals surface area contributed by atoms with Crippen LogP contribution in [0.1, 0.15) is 48.5 Å². The van der Waals surface area contributed by atoms with E-state index in [1.54, 1.807) is 6.92 Å². The van der Waals surface area contributed by atoms with Crippen LogP contribution in [0.3, 0.4) is 0 Å². The van der Waals surface area contributed by atoms with Crippen LogP contribution in [0.2, 0.25) is 0 Å². The van der Waals surface area contributed by atoms with Crippen molar-refractivity contribution < 1.29 is 4.79 Å². The number of hydrogen-bond acceptors (Lipinski definition) is 5. The summed E-state index contributed by atoms with van der Waals surface area (Å²) in [5.74, 6) is 1.55. The van der Waals surface area contributed by atoms with Crippen LogP contribution in [-0.2, 0) is 24.3 Å². The van der Waals surface area contributed by atoms with Crippen LogP contribution in [0, 0.1) is 0 Å². The molecule has 6 nitrogen and oxygen atoms in total. The second-order valence-corrected chi connectivity index (χ2v) is 7.26. The van der Waals surface area contributed by atoms with E-state index in [1.165, 1.54) is 0 Å². The van der Waals surface area contributed by atoms with Gasteiger partial charge in [-0.1, -0.05) is 6.07 Å². The number of piperidine rings is 1. The van der Waals surface area contributed by atoms with E-state index >= 15 is 0 Å². The van der Waals surface area contributed by atoms with Crippen LogP contribution >= 0.6 is 0 Å². The molecular weight excluding hydrogens is 326 g/mol. The number of pyridine rings is 1. The van der Waals surface area contributed by atoms with Gasteiger partial charge in [0, 0.05) is 56.9 Å². The van der Waals surface area contributed by atoms with Gasteiger partial charge in [0.15, 0.2) is 0 Å². The van der Waals surface area contributed by atoms with Gasteiger partial charge in [-0.2, -0.15) is 0 Å². The van der Waals surface area contributed by atoms with Crippen molar-refractivity contribution in [1.29, 1.82) is 0 Å². The molecule has 2 aliphatic heterocycles. The Bertz CT molecular complexity index is 771. The van der Waals surface area contributed by atoms with Crippen molar-refractivity contribution in [2.75, 3.05) is 19.6 Å². The predicted octanol–water partition coefficient (Wildman–Crippen LogP) is 2.16. The Morgan fingerprint density at radius 3 is 2.77 bits per heavy atom. The summed E-state index contributed by atoms with van der Waals surface area (Å²) in [7, 11) is 0. The summed E-state index contributed by atoms with van der Waals surface area (Å²) in [6.45, 7) is 6.06. The highest BCUT2D eigenvalue weighted by Gasteiger charge is 2.25. The number of carbonyl (C=O) groups excluding carboxylic acids is 1. The highest BCUT2D eigenvalue weighted by Crippen LogP contribution is 2.27. The SMILES string of the molecule is CC(=O)N1CCc2nc(C3CCN(Cc4ccccn4)CC3)ncc2C1. The minimum absolute atomic E-state index is 0.125. The van der Waals surface area contributed by atoms with E-state index in [2.05, 4.69) is 20.9 Å². The smallest absolute Gasteiger partial charge is 0.219 e. The number of aromatic nitrogens is 3. The van der Waals surface area contributed by atoms with Gasteiger partial charge in [0.05, 0.1) is 11.4 Å². The maximum absolute atomic E-state index is 11.6. The van der Waals surface area contributed by atoms with Crippen LogP contribution < -0.4 is 0 Å². The molecule has 0 bridgehead atoms. The summed E-state index contributed by atoms with van der Waals surface area (Å²) in [5, 5.41) is 0. The van der Waals surface area contributed by atoms with E-state index in [9.17, 15) is 4.79 Å². The van der Waals surface area contributed by atoms with Crippen LogP contribution in [0.4, 0.5) is 0 Å². The predicted molar refractivity (Wildman–Crippen MR) is 98.3 cm³/mol. The number of rotatable bonds is 3. The maximum Gasteiger partial charge on any atom is 0.219 e.